The number of ether oxygens (including phenoxy) is 2. The Balaban J connectivity index is 1.52. The smallest absolute Gasteiger partial charge is 0.336 e. The Kier molecular flexibility index (Phi) is 4.62. The lowest BCUT2D eigenvalue weighted by atomic mass is 10.0. The molecule has 4 rings (SSSR count). The van der Waals surface area contributed by atoms with Crippen molar-refractivity contribution in [3.8, 4) is 11.5 Å². The molecule has 140 valence electrons. The summed E-state index contributed by atoms with van der Waals surface area (Å²) in [5, 5.41) is 0.982. The largest absolute Gasteiger partial charge is 0.486 e. The second-order valence-electron chi connectivity index (χ2n) is 7.22. The topological polar surface area (TPSA) is 51.9 Å². The van der Waals surface area contributed by atoms with Gasteiger partial charge in [0, 0.05) is 24.5 Å². The molecule has 1 aromatic heterocycles. The van der Waals surface area contributed by atoms with Crippen LogP contribution in [0.25, 0.3) is 11.0 Å². The van der Waals surface area contributed by atoms with Crippen LogP contribution in [0.15, 0.2) is 51.7 Å². The van der Waals surface area contributed by atoms with Crippen molar-refractivity contribution >= 4 is 11.0 Å². The first-order valence-corrected chi connectivity index (χ1v) is 9.10. The quantitative estimate of drug-likeness (QED) is 0.660. The van der Waals surface area contributed by atoms with E-state index in [1.54, 1.807) is 6.07 Å². The third-order valence-electron chi connectivity index (χ3n) is 4.97. The Morgan fingerprint density at radius 1 is 1.07 bits per heavy atom. The highest BCUT2D eigenvalue weighted by Crippen LogP contribution is 2.31. The molecule has 0 saturated carbocycles. The van der Waals surface area contributed by atoms with Gasteiger partial charge in [0.1, 0.15) is 18.3 Å². The van der Waals surface area contributed by atoms with Crippen molar-refractivity contribution in [3.63, 3.8) is 0 Å². The highest BCUT2D eigenvalue weighted by molar-refractivity contribution is 5.81. The van der Waals surface area contributed by atoms with Crippen LogP contribution < -0.4 is 15.1 Å². The molecule has 0 saturated heterocycles. The van der Waals surface area contributed by atoms with Gasteiger partial charge in [0.2, 0.25) is 0 Å². The number of hydrogen-bond donors (Lipinski definition) is 0. The standard InChI is InChI=1S/C22H23NO4/c1-14-8-18-16(10-22(24)27-21(18)9-15(14)2)11-23(3)12-17-13-25-19-6-4-5-7-20(19)26-17/h4-10,17H,11-13H2,1-3H3/t17-/m0/s1. The van der Waals surface area contributed by atoms with Gasteiger partial charge in [-0.25, -0.2) is 4.79 Å². The van der Waals surface area contributed by atoms with Gasteiger partial charge in [-0.2, -0.15) is 0 Å². The number of rotatable bonds is 4. The van der Waals surface area contributed by atoms with Crippen molar-refractivity contribution in [2.24, 2.45) is 0 Å². The van der Waals surface area contributed by atoms with E-state index in [1.165, 1.54) is 5.56 Å². The molecule has 0 amide bonds. The molecule has 0 unspecified atom stereocenters. The Labute approximate surface area is 158 Å². The van der Waals surface area contributed by atoms with Gasteiger partial charge in [-0.15, -0.1) is 0 Å². The highest BCUT2D eigenvalue weighted by atomic mass is 16.6. The maximum Gasteiger partial charge on any atom is 0.336 e. The second kappa shape index (κ2) is 7.08. The maximum absolute atomic E-state index is 12.0. The lowest BCUT2D eigenvalue weighted by molar-refractivity contribution is 0.0639. The molecule has 1 aliphatic rings. The SMILES string of the molecule is Cc1cc2oc(=O)cc(CN(C)C[C@H]3COc4ccccc4O3)c2cc1C. The van der Waals surface area contributed by atoms with Gasteiger partial charge >= 0.3 is 5.63 Å². The predicted molar refractivity (Wildman–Crippen MR) is 105 cm³/mol. The Morgan fingerprint density at radius 2 is 1.81 bits per heavy atom. The van der Waals surface area contributed by atoms with Crippen LogP contribution in [-0.4, -0.2) is 31.2 Å². The fraction of sp³-hybridized carbons (Fsp3) is 0.318. The molecule has 1 atom stereocenters. The molecular weight excluding hydrogens is 342 g/mol. The molecule has 0 bridgehead atoms. The summed E-state index contributed by atoms with van der Waals surface area (Å²) in [7, 11) is 2.02. The van der Waals surface area contributed by atoms with Crippen molar-refractivity contribution in [1.29, 1.82) is 0 Å². The van der Waals surface area contributed by atoms with Gasteiger partial charge in [0.25, 0.3) is 0 Å². The molecule has 5 nitrogen and oxygen atoms in total. The highest BCUT2D eigenvalue weighted by Gasteiger charge is 2.22. The molecule has 0 aliphatic carbocycles. The first kappa shape index (κ1) is 17.6. The number of benzene rings is 2. The van der Waals surface area contributed by atoms with E-state index in [0.29, 0.717) is 25.3 Å². The first-order chi connectivity index (χ1) is 13.0. The fourth-order valence-electron chi connectivity index (χ4n) is 3.47. The predicted octanol–water partition coefficient (Wildman–Crippen LogP) is 3.68. The zero-order valence-electron chi connectivity index (χ0n) is 15.8. The summed E-state index contributed by atoms with van der Waals surface area (Å²) >= 11 is 0. The van der Waals surface area contributed by atoms with Crippen LogP contribution in [0.5, 0.6) is 11.5 Å². The van der Waals surface area contributed by atoms with Gasteiger partial charge in [0.05, 0.1) is 0 Å². The van der Waals surface area contributed by atoms with Gasteiger partial charge in [0.15, 0.2) is 11.5 Å². The number of para-hydroxylation sites is 2. The zero-order valence-corrected chi connectivity index (χ0v) is 15.8. The summed E-state index contributed by atoms with van der Waals surface area (Å²) in [5.41, 5.74) is 3.58. The summed E-state index contributed by atoms with van der Waals surface area (Å²) < 4.78 is 17.2. The minimum absolute atomic E-state index is 0.0553. The fourth-order valence-corrected chi connectivity index (χ4v) is 3.47. The minimum atomic E-state index is -0.319. The van der Waals surface area contributed by atoms with Crippen molar-refractivity contribution in [2.75, 3.05) is 20.2 Å². The van der Waals surface area contributed by atoms with E-state index in [9.17, 15) is 4.79 Å². The molecule has 2 heterocycles. The molecule has 1 aliphatic heterocycles. The molecule has 2 aromatic carbocycles. The average Bonchev–Trinajstić information content (AvgIpc) is 2.63. The van der Waals surface area contributed by atoms with E-state index in [1.807, 2.05) is 44.3 Å². The summed E-state index contributed by atoms with van der Waals surface area (Å²) in [4.78, 5) is 14.1. The number of hydrogen-bond acceptors (Lipinski definition) is 5. The Hall–Kier alpha value is -2.79. The molecule has 0 N–H and O–H groups in total. The number of nitrogens with zero attached hydrogens (tertiary/aromatic N) is 1. The minimum Gasteiger partial charge on any atom is -0.486 e. The van der Waals surface area contributed by atoms with E-state index in [2.05, 4.69) is 17.9 Å². The van der Waals surface area contributed by atoms with E-state index in [-0.39, 0.29) is 11.7 Å². The van der Waals surface area contributed by atoms with Crippen molar-refractivity contribution in [2.45, 2.75) is 26.5 Å². The summed E-state index contributed by atoms with van der Waals surface area (Å²) in [6.07, 6.45) is -0.0553. The normalized spacial score (nSPS) is 16.1. The van der Waals surface area contributed by atoms with Crippen molar-refractivity contribution in [1.82, 2.24) is 4.90 Å². The second-order valence-corrected chi connectivity index (χ2v) is 7.22. The van der Waals surface area contributed by atoms with Crippen molar-refractivity contribution < 1.29 is 13.9 Å². The van der Waals surface area contributed by atoms with Crippen molar-refractivity contribution in [3.05, 3.63) is 69.6 Å². The van der Waals surface area contributed by atoms with Gasteiger partial charge in [-0.1, -0.05) is 12.1 Å². The van der Waals surface area contributed by atoms with Gasteiger partial charge in [-0.05, 0) is 61.9 Å². The number of aryl methyl sites for hydroxylation is 2. The van der Waals surface area contributed by atoms with E-state index < -0.39 is 0 Å². The van der Waals surface area contributed by atoms with E-state index in [4.69, 9.17) is 13.9 Å². The van der Waals surface area contributed by atoms with Crippen LogP contribution in [0.1, 0.15) is 16.7 Å². The van der Waals surface area contributed by atoms with E-state index >= 15 is 0 Å². The zero-order chi connectivity index (χ0) is 19.0. The molecule has 0 radical (unpaired) electrons. The van der Waals surface area contributed by atoms with E-state index in [0.717, 1.165) is 28.0 Å². The number of likely N-dealkylation sites (N-methyl/N-ethyl adjacent to an activating group) is 1. The molecule has 0 fully saturated rings. The van der Waals surface area contributed by atoms with Gasteiger partial charge in [-0.3, -0.25) is 4.90 Å². The molecule has 0 spiro atoms. The molecule has 27 heavy (non-hydrogen) atoms. The lowest BCUT2D eigenvalue weighted by Gasteiger charge is -2.29. The molecule has 3 aromatic rings. The summed E-state index contributed by atoms with van der Waals surface area (Å²) in [5.74, 6) is 1.56. The Morgan fingerprint density at radius 3 is 2.63 bits per heavy atom. The maximum atomic E-state index is 12.0. The average molecular weight is 365 g/mol. The summed E-state index contributed by atoms with van der Waals surface area (Å²) in [6, 6.07) is 13.3. The van der Waals surface area contributed by atoms with Crippen LogP contribution >= 0.6 is 0 Å². The third-order valence-corrected chi connectivity index (χ3v) is 4.97. The summed E-state index contributed by atoms with van der Waals surface area (Å²) in [6.45, 7) is 5.92. The first-order valence-electron chi connectivity index (χ1n) is 9.10. The number of fused-ring (bicyclic) bond motifs is 2. The van der Waals surface area contributed by atoms with Crippen LogP contribution in [0.4, 0.5) is 0 Å². The van der Waals surface area contributed by atoms with Crippen LogP contribution in [0.2, 0.25) is 0 Å². The van der Waals surface area contributed by atoms with Gasteiger partial charge < -0.3 is 13.9 Å². The molecule has 5 heteroatoms. The third kappa shape index (κ3) is 3.69. The van der Waals surface area contributed by atoms with Crippen LogP contribution in [-0.2, 0) is 6.54 Å². The van der Waals surface area contributed by atoms with Crippen LogP contribution in [0, 0.1) is 13.8 Å². The molecular formula is C22H23NO4. The lowest BCUT2D eigenvalue weighted by Crippen LogP contribution is -2.39. The van der Waals surface area contributed by atoms with Crippen LogP contribution in [0.3, 0.4) is 0 Å². The monoisotopic (exact) mass is 365 g/mol. The Bertz CT molecular complexity index is 1040.